The number of rotatable bonds is 3. The van der Waals surface area contributed by atoms with Gasteiger partial charge in [0.25, 0.3) is 5.91 Å². The number of anilines is 1. The van der Waals surface area contributed by atoms with E-state index >= 15 is 0 Å². The molecule has 2 N–H and O–H groups in total. The fraction of sp³-hybridized carbons (Fsp3) is 0.0833. The van der Waals surface area contributed by atoms with Crippen molar-refractivity contribution in [3.8, 4) is 0 Å². The Morgan fingerprint density at radius 1 is 1.40 bits per heavy atom. The first-order valence-corrected chi connectivity index (χ1v) is 6.21. The number of benzene rings is 1. The lowest BCUT2D eigenvalue weighted by Crippen LogP contribution is -2.18. The van der Waals surface area contributed by atoms with Crippen molar-refractivity contribution < 1.29 is 19.1 Å². The number of carbonyl (C=O) groups excluding carboxylic acids is 1. The van der Waals surface area contributed by atoms with E-state index in [4.69, 9.17) is 5.11 Å². The summed E-state index contributed by atoms with van der Waals surface area (Å²) in [6, 6.07) is 3.96. The zero-order valence-electron chi connectivity index (χ0n) is 10.2. The highest BCUT2D eigenvalue weighted by Crippen LogP contribution is 2.19. The van der Waals surface area contributed by atoms with Gasteiger partial charge in [-0.15, -0.1) is 0 Å². The van der Waals surface area contributed by atoms with E-state index in [9.17, 15) is 14.0 Å². The topological polar surface area (TPSA) is 84.2 Å². The van der Waals surface area contributed by atoms with Gasteiger partial charge in [-0.1, -0.05) is 15.9 Å². The minimum atomic E-state index is -1.23. The Morgan fingerprint density at radius 2 is 2.10 bits per heavy atom. The molecule has 0 aliphatic heterocycles. The first-order chi connectivity index (χ1) is 9.40. The molecule has 0 saturated heterocycles. The average Bonchev–Trinajstić information content (AvgIpc) is 2.71. The molecule has 1 aromatic heterocycles. The van der Waals surface area contributed by atoms with Gasteiger partial charge in [-0.25, -0.2) is 9.18 Å². The first-order valence-electron chi connectivity index (χ1n) is 5.42. The van der Waals surface area contributed by atoms with Crippen LogP contribution in [0.5, 0.6) is 0 Å². The molecular formula is C12H9BrFN3O3. The van der Waals surface area contributed by atoms with Crippen LogP contribution in [0.3, 0.4) is 0 Å². The van der Waals surface area contributed by atoms with Crippen LogP contribution in [-0.2, 0) is 7.05 Å². The van der Waals surface area contributed by atoms with Crippen LogP contribution in [0.1, 0.15) is 20.7 Å². The van der Waals surface area contributed by atoms with Crippen LogP contribution >= 0.6 is 15.9 Å². The van der Waals surface area contributed by atoms with Crippen LogP contribution in [0, 0.1) is 5.82 Å². The molecule has 0 aliphatic rings. The molecule has 8 heteroatoms. The van der Waals surface area contributed by atoms with E-state index in [1.807, 2.05) is 0 Å². The van der Waals surface area contributed by atoms with Gasteiger partial charge in [-0.05, 0) is 18.2 Å². The van der Waals surface area contributed by atoms with Crippen LogP contribution in [0.15, 0.2) is 28.9 Å². The molecule has 6 nitrogen and oxygen atoms in total. The Bertz CT molecular complexity index is 699. The zero-order valence-corrected chi connectivity index (χ0v) is 11.8. The largest absolute Gasteiger partial charge is 0.477 e. The van der Waals surface area contributed by atoms with Crippen molar-refractivity contribution in [1.29, 1.82) is 0 Å². The summed E-state index contributed by atoms with van der Waals surface area (Å²) in [4.78, 5) is 23.0. The van der Waals surface area contributed by atoms with E-state index in [1.165, 1.54) is 23.9 Å². The summed E-state index contributed by atoms with van der Waals surface area (Å²) in [6.07, 6.45) is 1.11. The van der Waals surface area contributed by atoms with Crippen LogP contribution in [0.2, 0.25) is 0 Å². The number of carboxylic acids is 1. The SMILES string of the molecule is Cn1ncc(C(=O)O)c1NC(=O)c1ccc(Br)cc1F. The molecule has 2 aromatic rings. The smallest absolute Gasteiger partial charge is 0.341 e. The molecule has 1 aromatic carbocycles. The highest BCUT2D eigenvalue weighted by atomic mass is 79.9. The summed E-state index contributed by atoms with van der Waals surface area (Å²) in [6.45, 7) is 0. The Labute approximate surface area is 121 Å². The second-order valence-electron chi connectivity index (χ2n) is 3.91. The van der Waals surface area contributed by atoms with Crippen molar-refractivity contribution in [2.24, 2.45) is 7.05 Å². The minimum absolute atomic E-state index is 0.00943. The Morgan fingerprint density at radius 3 is 2.70 bits per heavy atom. The Balaban J connectivity index is 2.33. The molecule has 0 radical (unpaired) electrons. The lowest BCUT2D eigenvalue weighted by atomic mass is 10.2. The molecule has 0 fully saturated rings. The summed E-state index contributed by atoms with van der Waals surface area (Å²) in [7, 11) is 1.47. The van der Waals surface area contributed by atoms with Gasteiger partial charge >= 0.3 is 5.97 Å². The molecule has 0 bridgehead atoms. The lowest BCUT2D eigenvalue weighted by molar-refractivity contribution is 0.0698. The molecule has 0 unspecified atom stereocenters. The van der Waals surface area contributed by atoms with Crippen molar-refractivity contribution in [2.75, 3.05) is 5.32 Å². The molecule has 0 atom stereocenters. The lowest BCUT2D eigenvalue weighted by Gasteiger charge is -2.07. The highest BCUT2D eigenvalue weighted by molar-refractivity contribution is 9.10. The van der Waals surface area contributed by atoms with Crippen LogP contribution < -0.4 is 5.32 Å². The number of halogens is 2. The third kappa shape index (κ3) is 2.69. The van der Waals surface area contributed by atoms with Gasteiger partial charge in [-0.3, -0.25) is 9.48 Å². The molecule has 104 valence electrons. The van der Waals surface area contributed by atoms with E-state index in [2.05, 4.69) is 26.3 Å². The maximum absolute atomic E-state index is 13.7. The number of hydrogen-bond donors (Lipinski definition) is 2. The van der Waals surface area contributed by atoms with E-state index in [-0.39, 0.29) is 16.9 Å². The number of aromatic carboxylic acids is 1. The molecule has 20 heavy (non-hydrogen) atoms. The monoisotopic (exact) mass is 341 g/mol. The summed E-state index contributed by atoms with van der Waals surface area (Å²) < 4.78 is 15.4. The fourth-order valence-corrected chi connectivity index (χ4v) is 1.92. The molecule has 1 heterocycles. The Kier molecular flexibility index (Phi) is 3.84. The van der Waals surface area contributed by atoms with E-state index in [0.29, 0.717) is 4.47 Å². The van der Waals surface area contributed by atoms with Crippen LogP contribution in [0.25, 0.3) is 0 Å². The Hall–Kier alpha value is -2.22. The maximum Gasteiger partial charge on any atom is 0.341 e. The molecule has 0 spiro atoms. The molecule has 0 saturated carbocycles. The normalized spacial score (nSPS) is 10.3. The van der Waals surface area contributed by atoms with Gasteiger partial charge in [0.05, 0.1) is 11.8 Å². The summed E-state index contributed by atoms with van der Waals surface area (Å²) in [5.41, 5.74) is -0.357. The summed E-state index contributed by atoms with van der Waals surface area (Å²) in [5.74, 6) is -2.70. The van der Waals surface area contributed by atoms with Gasteiger partial charge in [0, 0.05) is 11.5 Å². The van der Waals surface area contributed by atoms with Crippen molar-refractivity contribution >= 4 is 33.6 Å². The number of amides is 1. The van der Waals surface area contributed by atoms with E-state index in [1.54, 1.807) is 0 Å². The van der Waals surface area contributed by atoms with E-state index in [0.717, 1.165) is 12.3 Å². The maximum atomic E-state index is 13.7. The summed E-state index contributed by atoms with van der Waals surface area (Å²) >= 11 is 3.08. The number of nitrogens with zero attached hydrogens (tertiary/aromatic N) is 2. The van der Waals surface area contributed by atoms with Crippen molar-refractivity contribution in [2.45, 2.75) is 0 Å². The first kappa shape index (κ1) is 14.2. The number of nitrogens with one attached hydrogen (secondary N) is 1. The van der Waals surface area contributed by atoms with Crippen molar-refractivity contribution in [3.63, 3.8) is 0 Å². The second kappa shape index (κ2) is 5.41. The van der Waals surface area contributed by atoms with Gasteiger partial charge in [-0.2, -0.15) is 5.10 Å². The second-order valence-corrected chi connectivity index (χ2v) is 4.83. The van der Waals surface area contributed by atoms with Gasteiger partial charge in [0.2, 0.25) is 0 Å². The van der Waals surface area contributed by atoms with Gasteiger partial charge in [0.15, 0.2) is 0 Å². The fourth-order valence-electron chi connectivity index (χ4n) is 1.59. The number of carbonyl (C=O) groups is 2. The molecular weight excluding hydrogens is 333 g/mol. The van der Waals surface area contributed by atoms with Crippen LogP contribution in [0.4, 0.5) is 10.2 Å². The predicted octanol–water partition coefficient (Wildman–Crippen LogP) is 2.27. The van der Waals surface area contributed by atoms with Crippen LogP contribution in [-0.4, -0.2) is 26.8 Å². The number of aryl methyl sites for hydroxylation is 1. The average molecular weight is 342 g/mol. The number of aromatic nitrogens is 2. The van der Waals surface area contributed by atoms with E-state index < -0.39 is 17.7 Å². The molecule has 2 rings (SSSR count). The highest BCUT2D eigenvalue weighted by Gasteiger charge is 2.19. The molecule has 1 amide bonds. The van der Waals surface area contributed by atoms with Crippen molar-refractivity contribution in [3.05, 3.63) is 45.8 Å². The van der Waals surface area contributed by atoms with Crippen molar-refractivity contribution in [1.82, 2.24) is 9.78 Å². The zero-order chi connectivity index (χ0) is 14.9. The number of carboxylic acid groups (broad SMARTS) is 1. The summed E-state index contributed by atoms with van der Waals surface area (Å²) in [5, 5.41) is 15.1. The van der Waals surface area contributed by atoms with Gasteiger partial charge < -0.3 is 10.4 Å². The predicted molar refractivity (Wildman–Crippen MR) is 72.2 cm³/mol. The third-order valence-corrected chi connectivity index (χ3v) is 3.07. The van der Waals surface area contributed by atoms with Gasteiger partial charge in [0.1, 0.15) is 17.2 Å². The molecule has 0 aliphatic carbocycles. The minimum Gasteiger partial charge on any atom is -0.477 e. The quantitative estimate of drug-likeness (QED) is 0.896. The third-order valence-electron chi connectivity index (χ3n) is 2.58. The number of hydrogen-bond acceptors (Lipinski definition) is 3. The standard InChI is InChI=1S/C12H9BrFN3O3/c1-17-10(8(5-15-17)12(19)20)16-11(18)7-3-2-6(13)4-9(7)14/h2-5H,1H3,(H,16,18)(H,19,20).